The fourth-order valence-corrected chi connectivity index (χ4v) is 2.54. The van der Waals surface area contributed by atoms with E-state index in [0.29, 0.717) is 26.2 Å². The van der Waals surface area contributed by atoms with E-state index in [-0.39, 0.29) is 24.5 Å². The van der Waals surface area contributed by atoms with Gasteiger partial charge >= 0.3 is 12.0 Å². The molecule has 2 atom stereocenters. The highest BCUT2D eigenvalue weighted by Crippen LogP contribution is 2.26. The minimum atomic E-state index is -0.798. The summed E-state index contributed by atoms with van der Waals surface area (Å²) in [6.45, 7) is 4.19. The number of hydrogen-bond acceptors (Lipinski definition) is 3. The third kappa shape index (κ3) is 2.43. The first-order valence-corrected chi connectivity index (χ1v) is 6.40. The highest BCUT2D eigenvalue weighted by Gasteiger charge is 2.39. The number of carboxylic acid groups (broad SMARTS) is 1. The summed E-state index contributed by atoms with van der Waals surface area (Å²) in [4.78, 5) is 26.3. The van der Waals surface area contributed by atoms with E-state index in [1.807, 2.05) is 0 Å². The van der Waals surface area contributed by atoms with Gasteiger partial charge in [-0.2, -0.15) is 0 Å². The Morgan fingerprint density at radius 1 is 1.28 bits per heavy atom. The molecule has 0 aromatic rings. The van der Waals surface area contributed by atoms with Gasteiger partial charge < -0.3 is 20.0 Å². The standard InChI is InChI=1S/C12H20N2O4/c1-8(11(16)17)10-5-14(6-10)12(18)13-3-2-9(4-13)7-15/h8-10,15H,2-7H2,1H3,(H,16,17). The Hall–Kier alpha value is -1.30. The minimum absolute atomic E-state index is 0.0141. The number of likely N-dealkylation sites (tertiary alicyclic amines) is 2. The van der Waals surface area contributed by atoms with Gasteiger partial charge in [0, 0.05) is 44.6 Å². The maximum Gasteiger partial charge on any atom is 0.320 e. The highest BCUT2D eigenvalue weighted by molar-refractivity contribution is 5.76. The minimum Gasteiger partial charge on any atom is -0.481 e. The molecule has 2 fully saturated rings. The molecule has 18 heavy (non-hydrogen) atoms. The summed E-state index contributed by atoms with van der Waals surface area (Å²) in [6, 6.07) is -0.0141. The number of urea groups is 1. The molecule has 0 aromatic carbocycles. The van der Waals surface area contributed by atoms with Gasteiger partial charge in [0.1, 0.15) is 0 Å². The summed E-state index contributed by atoms with van der Waals surface area (Å²) in [5.41, 5.74) is 0. The zero-order valence-electron chi connectivity index (χ0n) is 10.6. The summed E-state index contributed by atoms with van der Waals surface area (Å²) in [7, 11) is 0. The van der Waals surface area contributed by atoms with Crippen molar-refractivity contribution in [1.82, 2.24) is 9.80 Å². The van der Waals surface area contributed by atoms with Gasteiger partial charge in [0.05, 0.1) is 5.92 Å². The van der Waals surface area contributed by atoms with Crippen molar-refractivity contribution in [2.24, 2.45) is 17.8 Å². The lowest BCUT2D eigenvalue weighted by Crippen LogP contribution is -2.57. The van der Waals surface area contributed by atoms with Crippen LogP contribution in [0.2, 0.25) is 0 Å². The van der Waals surface area contributed by atoms with Crippen molar-refractivity contribution in [2.75, 3.05) is 32.8 Å². The zero-order valence-corrected chi connectivity index (χ0v) is 10.6. The van der Waals surface area contributed by atoms with Crippen molar-refractivity contribution in [1.29, 1.82) is 0 Å². The molecule has 102 valence electrons. The summed E-state index contributed by atoms with van der Waals surface area (Å²) in [5, 5.41) is 17.9. The van der Waals surface area contributed by atoms with Gasteiger partial charge in [-0.1, -0.05) is 6.92 Å². The molecule has 2 aliphatic heterocycles. The van der Waals surface area contributed by atoms with Crippen LogP contribution >= 0.6 is 0 Å². The Kier molecular flexibility index (Phi) is 3.75. The van der Waals surface area contributed by atoms with E-state index in [1.54, 1.807) is 16.7 Å². The van der Waals surface area contributed by atoms with Crippen LogP contribution in [0.1, 0.15) is 13.3 Å². The van der Waals surface area contributed by atoms with E-state index in [9.17, 15) is 9.59 Å². The van der Waals surface area contributed by atoms with E-state index < -0.39 is 11.9 Å². The van der Waals surface area contributed by atoms with Crippen molar-refractivity contribution in [2.45, 2.75) is 13.3 Å². The van der Waals surface area contributed by atoms with Crippen LogP contribution < -0.4 is 0 Å². The molecular weight excluding hydrogens is 236 g/mol. The van der Waals surface area contributed by atoms with Crippen molar-refractivity contribution in [3.63, 3.8) is 0 Å². The van der Waals surface area contributed by atoms with Gasteiger partial charge in [-0.3, -0.25) is 4.79 Å². The van der Waals surface area contributed by atoms with Gasteiger partial charge in [-0.25, -0.2) is 4.79 Å². The van der Waals surface area contributed by atoms with Crippen LogP contribution in [-0.2, 0) is 4.79 Å². The first kappa shape index (κ1) is 13.1. The topological polar surface area (TPSA) is 81.1 Å². The van der Waals surface area contributed by atoms with Crippen molar-refractivity contribution in [3.05, 3.63) is 0 Å². The largest absolute Gasteiger partial charge is 0.481 e. The lowest BCUT2D eigenvalue weighted by molar-refractivity contribution is -0.144. The Balaban J connectivity index is 1.78. The highest BCUT2D eigenvalue weighted by atomic mass is 16.4. The van der Waals surface area contributed by atoms with Crippen molar-refractivity contribution >= 4 is 12.0 Å². The number of amides is 2. The molecule has 2 aliphatic rings. The number of rotatable bonds is 3. The van der Waals surface area contributed by atoms with Gasteiger partial charge in [0.2, 0.25) is 0 Å². The van der Waals surface area contributed by atoms with Crippen LogP contribution in [0.4, 0.5) is 4.79 Å². The number of nitrogens with zero attached hydrogens (tertiary/aromatic N) is 2. The fourth-order valence-electron chi connectivity index (χ4n) is 2.54. The van der Waals surface area contributed by atoms with Crippen LogP contribution in [-0.4, -0.2) is 64.8 Å². The Morgan fingerprint density at radius 2 is 1.94 bits per heavy atom. The molecule has 0 aromatic heterocycles. The average Bonchev–Trinajstić information content (AvgIpc) is 2.74. The number of aliphatic carboxylic acids is 1. The SMILES string of the molecule is CC(C(=O)O)C1CN(C(=O)N2CCC(CO)C2)C1. The predicted molar refractivity (Wildman–Crippen MR) is 64.0 cm³/mol. The van der Waals surface area contributed by atoms with Crippen LogP contribution in [0.3, 0.4) is 0 Å². The van der Waals surface area contributed by atoms with E-state index in [1.165, 1.54) is 0 Å². The monoisotopic (exact) mass is 256 g/mol. The van der Waals surface area contributed by atoms with Gasteiger partial charge in [-0.05, 0) is 6.42 Å². The molecule has 0 saturated carbocycles. The molecular formula is C12H20N2O4. The van der Waals surface area contributed by atoms with Crippen molar-refractivity contribution < 1.29 is 19.8 Å². The molecule has 0 aliphatic carbocycles. The quantitative estimate of drug-likeness (QED) is 0.749. The lowest BCUT2D eigenvalue weighted by Gasteiger charge is -2.42. The second kappa shape index (κ2) is 5.14. The summed E-state index contributed by atoms with van der Waals surface area (Å²) in [5.74, 6) is -0.918. The van der Waals surface area contributed by atoms with Crippen molar-refractivity contribution in [3.8, 4) is 0 Å². The molecule has 2 heterocycles. The van der Waals surface area contributed by atoms with E-state index in [4.69, 9.17) is 10.2 Å². The second-order valence-electron chi connectivity index (χ2n) is 5.36. The first-order valence-electron chi connectivity index (χ1n) is 6.40. The molecule has 2 saturated heterocycles. The lowest BCUT2D eigenvalue weighted by atomic mass is 9.87. The molecule has 0 bridgehead atoms. The number of aliphatic hydroxyl groups excluding tert-OH is 1. The molecule has 6 heteroatoms. The van der Waals surface area contributed by atoms with Crippen LogP contribution in [0.25, 0.3) is 0 Å². The second-order valence-corrected chi connectivity index (χ2v) is 5.36. The Morgan fingerprint density at radius 3 is 2.44 bits per heavy atom. The van der Waals surface area contributed by atoms with Crippen LogP contribution in [0.15, 0.2) is 0 Å². The molecule has 0 spiro atoms. The number of aliphatic hydroxyl groups is 1. The average molecular weight is 256 g/mol. The Labute approximate surface area is 106 Å². The van der Waals surface area contributed by atoms with Crippen LogP contribution in [0.5, 0.6) is 0 Å². The molecule has 6 nitrogen and oxygen atoms in total. The summed E-state index contributed by atoms with van der Waals surface area (Å²) < 4.78 is 0. The molecule has 2 rings (SSSR count). The number of hydrogen-bond donors (Lipinski definition) is 2. The molecule has 2 N–H and O–H groups in total. The van der Waals surface area contributed by atoms with E-state index >= 15 is 0 Å². The number of carbonyl (C=O) groups excluding carboxylic acids is 1. The Bertz CT molecular complexity index is 341. The third-order valence-corrected chi connectivity index (χ3v) is 4.09. The third-order valence-electron chi connectivity index (χ3n) is 4.09. The first-order chi connectivity index (χ1) is 8.52. The molecule has 0 radical (unpaired) electrons. The van der Waals surface area contributed by atoms with Gasteiger partial charge in [0.25, 0.3) is 0 Å². The normalized spacial score (nSPS) is 26.0. The van der Waals surface area contributed by atoms with Crippen LogP contribution in [0, 0.1) is 17.8 Å². The molecule has 2 unspecified atom stereocenters. The smallest absolute Gasteiger partial charge is 0.320 e. The fraction of sp³-hybridized carbons (Fsp3) is 0.833. The predicted octanol–water partition coefficient (Wildman–Crippen LogP) is 0.0731. The van der Waals surface area contributed by atoms with Gasteiger partial charge in [-0.15, -0.1) is 0 Å². The maximum absolute atomic E-state index is 12.0. The number of carboxylic acids is 1. The van der Waals surface area contributed by atoms with E-state index in [2.05, 4.69) is 0 Å². The zero-order chi connectivity index (χ0) is 13.3. The number of carbonyl (C=O) groups is 2. The van der Waals surface area contributed by atoms with E-state index in [0.717, 1.165) is 6.42 Å². The summed E-state index contributed by atoms with van der Waals surface area (Å²) >= 11 is 0. The summed E-state index contributed by atoms with van der Waals surface area (Å²) in [6.07, 6.45) is 0.852. The molecule has 2 amide bonds. The maximum atomic E-state index is 12.0. The van der Waals surface area contributed by atoms with Gasteiger partial charge in [0.15, 0.2) is 0 Å².